The number of hydrogen-bond donors (Lipinski definition) is 1. The van der Waals surface area contributed by atoms with E-state index in [-0.39, 0.29) is 11.8 Å². The average molecular weight is 378 g/mol. The predicted molar refractivity (Wildman–Crippen MR) is 104 cm³/mol. The predicted octanol–water partition coefficient (Wildman–Crippen LogP) is 2.71. The Labute approximate surface area is 160 Å². The van der Waals surface area contributed by atoms with Crippen LogP contribution in [0.3, 0.4) is 0 Å². The monoisotopic (exact) mass is 377 g/mol. The molecule has 1 atom stereocenters. The number of rotatable bonds is 5. The third kappa shape index (κ3) is 4.77. The first-order valence-corrected chi connectivity index (χ1v) is 9.96. The molecule has 0 aromatic heterocycles. The lowest BCUT2D eigenvalue weighted by molar-refractivity contribution is -0.131. The Kier molecular flexibility index (Phi) is 6.54. The third-order valence-electron chi connectivity index (χ3n) is 5.42. The Hall–Kier alpha value is -1.59. The molecule has 2 aliphatic rings. The second kappa shape index (κ2) is 8.87. The summed E-state index contributed by atoms with van der Waals surface area (Å²) in [5.41, 5.74) is 1.45. The second-order valence-corrected chi connectivity index (χ2v) is 7.88. The van der Waals surface area contributed by atoms with Crippen LogP contribution in [0, 0.1) is 12.8 Å². The number of carbonyl (C=O) groups is 2. The second-order valence-electron chi connectivity index (χ2n) is 7.47. The van der Waals surface area contributed by atoms with Gasteiger partial charge in [-0.1, -0.05) is 23.7 Å². The lowest BCUT2D eigenvalue weighted by atomic mass is 9.97. The first-order chi connectivity index (χ1) is 12.5. The van der Waals surface area contributed by atoms with E-state index in [4.69, 9.17) is 11.6 Å². The molecular formula is C20H28ClN3O2. The van der Waals surface area contributed by atoms with Crippen molar-refractivity contribution in [2.24, 2.45) is 5.92 Å². The van der Waals surface area contributed by atoms with E-state index in [1.54, 1.807) is 6.07 Å². The van der Waals surface area contributed by atoms with Crippen LogP contribution in [0.2, 0.25) is 5.02 Å². The molecule has 26 heavy (non-hydrogen) atoms. The molecule has 0 radical (unpaired) electrons. The average Bonchev–Trinajstić information content (AvgIpc) is 3.15. The van der Waals surface area contributed by atoms with E-state index >= 15 is 0 Å². The molecule has 2 saturated heterocycles. The van der Waals surface area contributed by atoms with Crippen molar-refractivity contribution in [3.8, 4) is 0 Å². The summed E-state index contributed by atoms with van der Waals surface area (Å²) in [6.07, 6.45) is 4.40. The highest BCUT2D eigenvalue weighted by Gasteiger charge is 2.25. The maximum Gasteiger partial charge on any atom is 0.253 e. The van der Waals surface area contributed by atoms with Gasteiger partial charge >= 0.3 is 0 Å². The zero-order valence-electron chi connectivity index (χ0n) is 15.5. The van der Waals surface area contributed by atoms with Crippen molar-refractivity contribution in [1.82, 2.24) is 15.1 Å². The Morgan fingerprint density at radius 3 is 2.69 bits per heavy atom. The van der Waals surface area contributed by atoms with Gasteiger partial charge in [0.1, 0.15) is 0 Å². The van der Waals surface area contributed by atoms with Crippen LogP contribution < -0.4 is 5.32 Å². The minimum Gasteiger partial charge on any atom is -0.352 e. The lowest BCUT2D eigenvalue weighted by Gasteiger charge is -2.33. The molecule has 1 N–H and O–H groups in total. The van der Waals surface area contributed by atoms with Crippen molar-refractivity contribution in [1.29, 1.82) is 0 Å². The summed E-state index contributed by atoms with van der Waals surface area (Å²) in [7, 11) is 0. The standard InChI is InChI=1S/C20H28ClN3O2/c1-15-6-4-8-17(21)19(15)20(26)22-12-16-7-5-9-23(13-16)14-18(25)24-10-2-3-11-24/h4,6,8,16H,2-3,5,7,9-14H2,1H3,(H,22,26)/t16-/m1/s1. The van der Waals surface area contributed by atoms with E-state index in [2.05, 4.69) is 10.2 Å². The highest BCUT2D eigenvalue weighted by Crippen LogP contribution is 2.20. The van der Waals surface area contributed by atoms with E-state index in [1.165, 1.54) is 0 Å². The number of carbonyl (C=O) groups excluding carboxylic acids is 2. The summed E-state index contributed by atoms with van der Waals surface area (Å²) in [5.74, 6) is 0.513. The molecule has 2 heterocycles. The summed E-state index contributed by atoms with van der Waals surface area (Å²) < 4.78 is 0. The molecule has 5 nitrogen and oxygen atoms in total. The van der Waals surface area contributed by atoms with Gasteiger partial charge in [0.05, 0.1) is 17.1 Å². The molecule has 142 valence electrons. The summed E-state index contributed by atoms with van der Waals surface area (Å²) >= 11 is 6.18. The Morgan fingerprint density at radius 1 is 1.19 bits per heavy atom. The van der Waals surface area contributed by atoms with Crippen molar-refractivity contribution >= 4 is 23.4 Å². The molecule has 3 rings (SSSR count). The van der Waals surface area contributed by atoms with Crippen molar-refractivity contribution in [2.75, 3.05) is 39.3 Å². The summed E-state index contributed by atoms with van der Waals surface area (Å²) in [6, 6.07) is 5.49. The number of amides is 2. The molecular weight excluding hydrogens is 350 g/mol. The van der Waals surface area contributed by atoms with Crippen molar-refractivity contribution in [3.05, 3.63) is 34.3 Å². The molecule has 2 fully saturated rings. The lowest BCUT2D eigenvalue weighted by Crippen LogP contribution is -2.45. The summed E-state index contributed by atoms with van der Waals surface area (Å²) in [4.78, 5) is 29.1. The fraction of sp³-hybridized carbons (Fsp3) is 0.600. The van der Waals surface area contributed by atoms with Crippen LogP contribution in [-0.2, 0) is 4.79 Å². The molecule has 0 spiro atoms. The highest BCUT2D eigenvalue weighted by atomic mass is 35.5. The smallest absolute Gasteiger partial charge is 0.253 e. The Bertz CT molecular complexity index is 638. The van der Waals surface area contributed by atoms with E-state index in [0.717, 1.165) is 57.4 Å². The number of aryl methyl sites for hydroxylation is 1. The van der Waals surface area contributed by atoms with Gasteiger partial charge in [0.25, 0.3) is 5.91 Å². The zero-order chi connectivity index (χ0) is 18.5. The fourth-order valence-electron chi connectivity index (χ4n) is 3.96. The van der Waals surface area contributed by atoms with Crippen LogP contribution in [0.5, 0.6) is 0 Å². The first kappa shape index (κ1) is 19.2. The van der Waals surface area contributed by atoms with E-state index in [1.807, 2.05) is 24.0 Å². The highest BCUT2D eigenvalue weighted by molar-refractivity contribution is 6.34. The first-order valence-electron chi connectivity index (χ1n) is 9.58. The maximum absolute atomic E-state index is 12.5. The van der Waals surface area contributed by atoms with E-state index in [0.29, 0.717) is 29.6 Å². The number of nitrogens with zero attached hydrogens (tertiary/aromatic N) is 2. The van der Waals surface area contributed by atoms with Gasteiger partial charge in [0.2, 0.25) is 5.91 Å². The number of benzene rings is 1. The van der Waals surface area contributed by atoms with Crippen LogP contribution in [-0.4, -0.2) is 60.9 Å². The van der Waals surface area contributed by atoms with Gasteiger partial charge in [-0.15, -0.1) is 0 Å². The molecule has 1 aromatic rings. The summed E-state index contributed by atoms with van der Waals surface area (Å²) in [5, 5.41) is 3.52. The maximum atomic E-state index is 12.5. The molecule has 0 aliphatic carbocycles. The van der Waals surface area contributed by atoms with Gasteiger partial charge in [0, 0.05) is 26.2 Å². The molecule has 0 bridgehead atoms. The van der Waals surface area contributed by atoms with E-state index in [9.17, 15) is 9.59 Å². The van der Waals surface area contributed by atoms with Gasteiger partial charge < -0.3 is 10.2 Å². The summed E-state index contributed by atoms with van der Waals surface area (Å²) in [6.45, 7) is 6.67. The molecule has 0 unspecified atom stereocenters. The third-order valence-corrected chi connectivity index (χ3v) is 5.74. The number of likely N-dealkylation sites (tertiary alicyclic amines) is 2. The minimum absolute atomic E-state index is 0.113. The molecule has 0 saturated carbocycles. The number of nitrogens with one attached hydrogen (secondary N) is 1. The van der Waals surface area contributed by atoms with Gasteiger partial charge in [-0.05, 0) is 56.7 Å². The number of halogens is 1. The van der Waals surface area contributed by atoms with Gasteiger partial charge in [-0.3, -0.25) is 14.5 Å². The minimum atomic E-state index is -0.113. The van der Waals surface area contributed by atoms with Gasteiger partial charge in [0.15, 0.2) is 0 Å². The van der Waals surface area contributed by atoms with Crippen LogP contribution >= 0.6 is 11.6 Å². The molecule has 2 aliphatic heterocycles. The zero-order valence-corrected chi connectivity index (χ0v) is 16.2. The van der Waals surface area contributed by atoms with Crippen molar-refractivity contribution < 1.29 is 9.59 Å². The normalized spacial score (nSPS) is 21.0. The molecule has 1 aromatic carbocycles. The topological polar surface area (TPSA) is 52.7 Å². The molecule has 2 amide bonds. The largest absolute Gasteiger partial charge is 0.352 e. The quantitative estimate of drug-likeness (QED) is 0.858. The number of hydrogen-bond acceptors (Lipinski definition) is 3. The SMILES string of the molecule is Cc1cccc(Cl)c1C(=O)NC[C@H]1CCCN(CC(=O)N2CCCC2)C1. The Balaban J connectivity index is 1.49. The van der Waals surface area contributed by atoms with Gasteiger partial charge in [-0.25, -0.2) is 0 Å². The van der Waals surface area contributed by atoms with Crippen LogP contribution in [0.15, 0.2) is 18.2 Å². The van der Waals surface area contributed by atoms with Crippen LogP contribution in [0.25, 0.3) is 0 Å². The van der Waals surface area contributed by atoms with Crippen LogP contribution in [0.4, 0.5) is 0 Å². The molecule has 6 heteroatoms. The van der Waals surface area contributed by atoms with Crippen LogP contribution in [0.1, 0.15) is 41.6 Å². The Morgan fingerprint density at radius 2 is 1.96 bits per heavy atom. The van der Waals surface area contributed by atoms with Crippen molar-refractivity contribution in [2.45, 2.75) is 32.6 Å². The fourth-order valence-corrected chi connectivity index (χ4v) is 4.27. The van der Waals surface area contributed by atoms with Gasteiger partial charge in [-0.2, -0.15) is 0 Å². The number of piperidine rings is 1. The van der Waals surface area contributed by atoms with E-state index < -0.39 is 0 Å². The van der Waals surface area contributed by atoms with Crippen molar-refractivity contribution in [3.63, 3.8) is 0 Å².